The summed E-state index contributed by atoms with van der Waals surface area (Å²) in [6, 6.07) is 10.1. The average Bonchev–Trinajstić information content (AvgIpc) is 3.32. The van der Waals surface area contributed by atoms with Crippen LogP contribution in [0, 0.1) is 12.7 Å². The molecule has 0 saturated heterocycles. The second-order valence-corrected chi connectivity index (χ2v) is 7.33. The van der Waals surface area contributed by atoms with Gasteiger partial charge in [-0.05, 0) is 36.8 Å². The molecule has 0 aliphatic carbocycles. The molecule has 0 spiro atoms. The number of aromatic nitrogens is 6. The number of pyridine rings is 1. The number of aryl methyl sites for hydroxylation is 1. The van der Waals surface area contributed by atoms with Gasteiger partial charge in [0.05, 0.1) is 30.1 Å². The van der Waals surface area contributed by atoms with Crippen LogP contribution >= 0.6 is 0 Å². The van der Waals surface area contributed by atoms with E-state index in [0.29, 0.717) is 29.0 Å². The molecule has 4 heterocycles. The lowest BCUT2D eigenvalue weighted by atomic mass is 10.2. The molecule has 0 unspecified atom stereocenters. The quantitative estimate of drug-likeness (QED) is 0.428. The first kappa shape index (κ1) is 20.0. The van der Waals surface area contributed by atoms with E-state index in [1.165, 1.54) is 18.3 Å². The van der Waals surface area contributed by atoms with Crippen molar-refractivity contribution in [3.05, 3.63) is 72.2 Å². The number of benzene rings is 1. The largest absolute Gasteiger partial charge is 0.363 e. The molecule has 0 amide bonds. The fourth-order valence-corrected chi connectivity index (χ4v) is 3.63. The van der Waals surface area contributed by atoms with Gasteiger partial charge in [0, 0.05) is 12.7 Å². The van der Waals surface area contributed by atoms with Crippen LogP contribution in [0.5, 0.6) is 0 Å². The van der Waals surface area contributed by atoms with Crippen LogP contribution in [0.15, 0.2) is 55.0 Å². The molecule has 0 aliphatic heterocycles. The lowest BCUT2D eigenvalue weighted by Crippen LogP contribution is -2.11. The first-order valence-corrected chi connectivity index (χ1v) is 9.92. The summed E-state index contributed by atoms with van der Waals surface area (Å²) in [5.74, 6) is 0.723. The number of anilines is 1. The molecule has 7 nitrogen and oxygen atoms in total. The number of imidazole rings is 1. The van der Waals surface area contributed by atoms with Crippen LogP contribution in [0.3, 0.4) is 0 Å². The van der Waals surface area contributed by atoms with Crippen molar-refractivity contribution in [2.75, 3.05) is 11.9 Å². The van der Waals surface area contributed by atoms with Crippen molar-refractivity contribution >= 4 is 28.1 Å². The van der Waals surface area contributed by atoms with E-state index in [1.54, 1.807) is 29.1 Å². The fourth-order valence-electron chi connectivity index (χ4n) is 3.63. The summed E-state index contributed by atoms with van der Waals surface area (Å²) in [6.07, 6.45) is 2.40. The molecule has 0 saturated carbocycles. The predicted octanol–water partition coefficient (Wildman–Crippen LogP) is 4.34. The zero-order valence-corrected chi connectivity index (χ0v) is 17.0. The van der Waals surface area contributed by atoms with Gasteiger partial charge in [-0.3, -0.25) is 4.57 Å². The van der Waals surface area contributed by atoms with Gasteiger partial charge in [-0.1, -0.05) is 12.1 Å². The monoisotopic (exact) mass is 437 g/mol. The van der Waals surface area contributed by atoms with Gasteiger partial charge in [-0.15, -0.1) is 0 Å². The minimum atomic E-state index is -2.49. The van der Waals surface area contributed by atoms with E-state index >= 15 is 0 Å². The number of fused-ring (bicyclic) bond motifs is 2. The molecule has 0 radical (unpaired) electrons. The maximum absolute atomic E-state index is 13.6. The van der Waals surface area contributed by atoms with Gasteiger partial charge in [0.1, 0.15) is 23.0 Å². The van der Waals surface area contributed by atoms with E-state index in [0.717, 1.165) is 16.9 Å². The molecule has 0 aliphatic rings. The number of hydrogen-bond donors (Lipinski definition) is 1. The van der Waals surface area contributed by atoms with E-state index in [9.17, 15) is 13.2 Å². The van der Waals surface area contributed by atoms with Gasteiger partial charge in [0.15, 0.2) is 11.3 Å². The van der Waals surface area contributed by atoms with E-state index in [-0.39, 0.29) is 11.6 Å². The topological polar surface area (TPSA) is 73.5 Å². The van der Waals surface area contributed by atoms with Crippen LogP contribution in [-0.4, -0.2) is 42.0 Å². The zero-order chi connectivity index (χ0) is 22.2. The standard InChI is InChI=1S/C22H18F3N7/c1-13-29-21-18(32(13)12-14-3-2-4-15(23)7-14)8-16(9-28-21)31-6-5-17-22(31)30-20(11-26-17)27-10-19(24)25/h2-9,11,19H,10,12H2,1H3,(H,27,30). The Morgan fingerprint density at radius 2 is 1.94 bits per heavy atom. The molecule has 5 aromatic rings. The molecule has 162 valence electrons. The van der Waals surface area contributed by atoms with E-state index in [1.807, 2.05) is 23.6 Å². The van der Waals surface area contributed by atoms with E-state index in [2.05, 4.69) is 25.3 Å². The number of nitrogens with one attached hydrogen (secondary N) is 1. The Bertz CT molecular complexity index is 1420. The van der Waals surface area contributed by atoms with Crippen LogP contribution < -0.4 is 5.32 Å². The van der Waals surface area contributed by atoms with Crippen LogP contribution in [0.25, 0.3) is 28.0 Å². The van der Waals surface area contributed by atoms with Crippen molar-refractivity contribution in [3.8, 4) is 5.69 Å². The van der Waals surface area contributed by atoms with Gasteiger partial charge in [-0.2, -0.15) is 0 Å². The van der Waals surface area contributed by atoms with Crippen LogP contribution in [0.1, 0.15) is 11.4 Å². The van der Waals surface area contributed by atoms with Gasteiger partial charge in [0.25, 0.3) is 6.43 Å². The first-order chi connectivity index (χ1) is 15.5. The summed E-state index contributed by atoms with van der Waals surface area (Å²) in [5, 5.41) is 2.58. The minimum absolute atomic E-state index is 0.263. The third-order valence-electron chi connectivity index (χ3n) is 5.12. The number of hydrogen-bond acceptors (Lipinski definition) is 5. The third kappa shape index (κ3) is 3.75. The number of halogens is 3. The highest BCUT2D eigenvalue weighted by atomic mass is 19.3. The molecular weight excluding hydrogens is 419 g/mol. The molecule has 1 aromatic carbocycles. The molecule has 4 aromatic heterocycles. The van der Waals surface area contributed by atoms with Crippen molar-refractivity contribution in [1.82, 2.24) is 29.1 Å². The second kappa shape index (κ2) is 7.95. The fraction of sp³-hybridized carbons (Fsp3) is 0.182. The zero-order valence-electron chi connectivity index (χ0n) is 17.0. The molecule has 5 rings (SSSR count). The van der Waals surface area contributed by atoms with Crippen molar-refractivity contribution in [2.24, 2.45) is 0 Å². The molecule has 0 atom stereocenters. The Labute approximate surface area is 180 Å². The van der Waals surface area contributed by atoms with Crippen LogP contribution in [0.2, 0.25) is 0 Å². The normalized spacial score (nSPS) is 11.7. The van der Waals surface area contributed by atoms with Gasteiger partial charge in [0.2, 0.25) is 0 Å². The van der Waals surface area contributed by atoms with Crippen LogP contribution in [0.4, 0.5) is 19.0 Å². The minimum Gasteiger partial charge on any atom is -0.363 e. The summed E-state index contributed by atoms with van der Waals surface area (Å²) in [5.41, 5.74) is 4.02. The van der Waals surface area contributed by atoms with Crippen LogP contribution in [-0.2, 0) is 6.54 Å². The highest BCUT2D eigenvalue weighted by Crippen LogP contribution is 2.23. The average molecular weight is 437 g/mol. The van der Waals surface area contributed by atoms with Crippen molar-refractivity contribution < 1.29 is 13.2 Å². The molecular formula is C22H18F3N7. The van der Waals surface area contributed by atoms with E-state index < -0.39 is 13.0 Å². The summed E-state index contributed by atoms with van der Waals surface area (Å²) in [4.78, 5) is 17.7. The molecule has 0 bridgehead atoms. The first-order valence-electron chi connectivity index (χ1n) is 9.92. The Kier molecular flexibility index (Phi) is 4.96. The van der Waals surface area contributed by atoms with Crippen molar-refractivity contribution in [1.29, 1.82) is 0 Å². The third-order valence-corrected chi connectivity index (χ3v) is 5.12. The smallest absolute Gasteiger partial charge is 0.255 e. The number of alkyl halides is 2. The van der Waals surface area contributed by atoms with Gasteiger partial charge >= 0.3 is 0 Å². The number of nitrogens with zero attached hydrogens (tertiary/aromatic N) is 6. The molecule has 1 N–H and O–H groups in total. The lowest BCUT2D eigenvalue weighted by Gasteiger charge is -2.09. The Hall–Kier alpha value is -3.95. The number of rotatable bonds is 6. The molecule has 10 heteroatoms. The Morgan fingerprint density at radius 1 is 1.06 bits per heavy atom. The molecule has 32 heavy (non-hydrogen) atoms. The van der Waals surface area contributed by atoms with Crippen molar-refractivity contribution in [3.63, 3.8) is 0 Å². The Morgan fingerprint density at radius 3 is 2.75 bits per heavy atom. The highest BCUT2D eigenvalue weighted by Gasteiger charge is 2.14. The summed E-state index contributed by atoms with van der Waals surface area (Å²) < 4.78 is 42.5. The highest BCUT2D eigenvalue weighted by molar-refractivity contribution is 5.78. The van der Waals surface area contributed by atoms with Gasteiger partial charge < -0.3 is 9.88 Å². The SMILES string of the molecule is Cc1nc2ncc(-n3ccc4ncc(NCC(F)F)nc43)cc2n1Cc1cccc(F)c1. The Balaban J connectivity index is 1.56. The maximum atomic E-state index is 13.6. The predicted molar refractivity (Wildman–Crippen MR) is 115 cm³/mol. The summed E-state index contributed by atoms with van der Waals surface area (Å²) >= 11 is 0. The van der Waals surface area contributed by atoms with Gasteiger partial charge in [-0.25, -0.2) is 33.1 Å². The maximum Gasteiger partial charge on any atom is 0.255 e. The second-order valence-electron chi connectivity index (χ2n) is 7.33. The lowest BCUT2D eigenvalue weighted by molar-refractivity contribution is 0.163. The van der Waals surface area contributed by atoms with Crippen molar-refractivity contribution in [2.45, 2.75) is 19.9 Å². The molecule has 0 fully saturated rings. The summed E-state index contributed by atoms with van der Waals surface area (Å²) in [6.45, 7) is 1.81. The van der Waals surface area contributed by atoms with E-state index in [4.69, 9.17) is 0 Å². The summed E-state index contributed by atoms with van der Waals surface area (Å²) in [7, 11) is 0.